The van der Waals surface area contributed by atoms with Gasteiger partial charge >= 0.3 is 0 Å². The summed E-state index contributed by atoms with van der Waals surface area (Å²) in [5.41, 5.74) is 0. The highest BCUT2D eigenvalue weighted by Crippen LogP contribution is 2.20. The Kier molecular flexibility index (Phi) is 6.92. The number of anilines is 1. The standard InChI is InChI=1S/C16H29N3O/c1-2-20-14-8-12-19-13-11-17-16(19)18-15-9-6-4-3-5-7-10-15/h11,13,15H,2-10,12,14H2,1H3,(H,17,18). The fourth-order valence-corrected chi connectivity index (χ4v) is 2.89. The molecule has 1 saturated carbocycles. The molecule has 1 aromatic rings. The van der Waals surface area contributed by atoms with Gasteiger partial charge in [-0.05, 0) is 26.2 Å². The van der Waals surface area contributed by atoms with Gasteiger partial charge in [0.2, 0.25) is 5.95 Å². The first kappa shape index (κ1) is 15.4. The zero-order valence-corrected chi connectivity index (χ0v) is 12.8. The highest BCUT2D eigenvalue weighted by atomic mass is 16.5. The van der Waals surface area contributed by atoms with Crippen LogP contribution in [0.1, 0.15) is 58.3 Å². The molecule has 0 aliphatic heterocycles. The molecule has 4 heteroatoms. The van der Waals surface area contributed by atoms with E-state index < -0.39 is 0 Å². The van der Waals surface area contributed by atoms with Gasteiger partial charge < -0.3 is 14.6 Å². The summed E-state index contributed by atoms with van der Waals surface area (Å²) in [6.45, 7) is 4.66. The molecule has 1 N–H and O–H groups in total. The zero-order valence-electron chi connectivity index (χ0n) is 12.8. The quantitative estimate of drug-likeness (QED) is 0.771. The number of rotatable bonds is 7. The van der Waals surface area contributed by atoms with Gasteiger partial charge in [-0.2, -0.15) is 0 Å². The van der Waals surface area contributed by atoms with Crippen LogP contribution >= 0.6 is 0 Å². The van der Waals surface area contributed by atoms with Crippen LogP contribution in [0.3, 0.4) is 0 Å². The van der Waals surface area contributed by atoms with Crippen molar-refractivity contribution >= 4 is 5.95 Å². The fourth-order valence-electron chi connectivity index (χ4n) is 2.89. The predicted octanol–water partition coefficient (Wildman–Crippen LogP) is 3.83. The number of hydrogen-bond donors (Lipinski definition) is 1. The van der Waals surface area contributed by atoms with E-state index in [0.29, 0.717) is 6.04 Å². The summed E-state index contributed by atoms with van der Waals surface area (Å²) >= 11 is 0. The Morgan fingerprint density at radius 1 is 1.25 bits per heavy atom. The summed E-state index contributed by atoms with van der Waals surface area (Å²) < 4.78 is 7.62. The lowest BCUT2D eigenvalue weighted by Gasteiger charge is -2.22. The molecule has 0 saturated heterocycles. The van der Waals surface area contributed by atoms with E-state index in [9.17, 15) is 0 Å². The van der Waals surface area contributed by atoms with Crippen LogP contribution in [0.4, 0.5) is 5.95 Å². The Hall–Kier alpha value is -1.03. The molecule has 1 aliphatic carbocycles. The van der Waals surface area contributed by atoms with Gasteiger partial charge in [0.15, 0.2) is 0 Å². The normalized spacial score (nSPS) is 17.6. The summed E-state index contributed by atoms with van der Waals surface area (Å²) in [6, 6.07) is 0.600. The number of nitrogens with one attached hydrogen (secondary N) is 1. The molecule has 0 aromatic carbocycles. The second-order valence-corrected chi connectivity index (χ2v) is 5.68. The van der Waals surface area contributed by atoms with Crippen LogP contribution < -0.4 is 5.32 Å². The second kappa shape index (κ2) is 9.01. The van der Waals surface area contributed by atoms with Crippen molar-refractivity contribution in [2.75, 3.05) is 18.5 Å². The molecule has 0 atom stereocenters. The molecule has 1 aliphatic rings. The van der Waals surface area contributed by atoms with E-state index in [4.69, 9.17) is 4.74 Å². The number of aryl methyl sites for hydroxylation is 1. The first-order chi connectivity index (χ1) is 9.90. The van der Waals surface area contributed by atoms with Crippen LogP contribution in [-0.2, 0) is 11.3 Å². The number of hydrogen-bond acceptors (Lipinski definition) is 3. The van der Waals surface area contributed by atoms with Crippen LogP contribution in [0.15, 0.2) is 12.4 Å². The first-order valence-corrected chi connectivity index (χ1v) is 8.25. The summed E-state index contributed by atoms with van der Waals surface area (Å²) in [5, 5.41) is 3.65. The molecule has 1 aromatic heterocycles. The van der Waals surface area contributed by atoms with Crippen LogP contribution in [0, 0.1) is 0 Å². The molecule has 20 heavy (non-hydrogen) atoms. The molecule has 4 nitrogen and oxygen atoms in total. The second-order valence-electron chi connectivity index (χ2n) is 5.68. The van der Waals surface area contributed by atoms with Crippen molar-refractivity contribution in [2.45, 2.75) is 70.9 Å². The average molecular weight is 279 g/mol. The van der Waals surface area contributed by atoms with Crippen molar-refractivity contribution in [2.24, 2.45) is 0 Å². The average Bonchev–Trinajstić information content (AvgIpc) is 2.85. The largest absolute Gasteiger partial charge is 0.382 e. The molecule has 1 heterocycles. The van der Waals surface area contributed by atoms with E-state index in [1.165, 1.54) is 44.9 Å². The molecule has 0 bridgehead atoms. The highest BCUT2D eigenvalue weighted by molar-refractivity contribution is 5.27. The van der Waals surface area contributed by atoms with Crippen LogP contribution in [-0.4, -0.2) is 28.8 Å². The molecule has 0 spiro atoms. The van der Waals surface area contributed by atoms with Crippen molar-refractivity contribution in [3.8, 4) is 0 Å². The van der Waals surface area contributed by atoms with Gasteiger partial charge in [-0.3, -0.25) is 0 Å². The van der Waals surface area contributed by atoms with Crippen molar-refractivity contribution in [3.63, 3.8) is 0 Å². The minimum atomic E-state index is 0.600. The first-order valence-electron chi connectivity index (χ1n) is 8.25. The Balaban J connectivity index is 1.80. The summed E-state index contributed by atoms with van der Waals surface area (Å²) in [6.07, 6.45) is 14.5. The Bertz CT molecular complexity index is 356. The van der Waals surface area contributed by atoms with E-state index >= 15 is 0 Å². The van der Waals surface area contributed by atoms with Gasteiger partial charge in [-0.15, -0.1) is 0 Å². The minimum Gasteiger partial charge on any atom is -0.382 e. The molecule has 0 amide bonds. The Morgan fingerprint density at radius 2 is 2.00 bits per heavy atom. The van der Waals surface area contributed by atoms with Gasteiger partial charge in [-0.25, -0.2) is 4.98 Å². The Morgan fingerprint density at radius 3 is 2.75 bits per heavy atom. The van der Waals surface area contributed by atoms with Crippen molar-refractivity contribution in [1.29, 1.82) is 0 Å². The smallest absolute Gasteiger partial charge is 0.202 e. The molecule has 0 unspecified atom stereocenters. The van der Waals surface area contributed by atoms with E-state index in [1.54, 1.807) is 0 Å². The third-order valence-corrected chi connectivity index (χ3v) is 4.05. The van der Waals surface area contributed by atoms with Crippen molar-refractivity contribution in [3.05, 3.63) is 12.4 Å². The van der Waals surface area contributed by atoms with E-state index in [0.717, 1.165) is 32.1 Å². The van der Waals surface area contributed by atoms with Crippen LogP contribution in [0.5, 0.6) is 0 Å². The molecule has 1 fully saturated rings. The van der Waals surface area contributed by atoms with Crippen LogP contribution in [0.2, 0.25) is 0 Å². The van der Waals surface area contributed by atoms with Gasteiger partial charge in [0, 0.05) is 38.2 Å². The van der Waals surface area contributed by atoms with Crippen molar-refractivity contribution < 1.29 is 4.74 Å². The maximum atomic E-state index is 5.40. The molecular formula is C16H29N3O. The molecule has 114 valence electrons. The lowest BCUT2D eigenvalue weighted by molar-refractivity contribution is 0.142. The molecular weight excluding hydrogens is 250 g/mol. The lowest BCUT2D eigenvalue weighted by Crippen LogP contribution is -2.23. The number of aromatic nitrogens is 2. The predicted molar refractivity (Wildman–Crippen MR) is 83.1 cm³/mol. The number of ether oxygens (including phenoxy) is 1. The summed E-state index contributed by atoms with van der Waals surface area (Å²) in [5.74, 6) is 1.03. The zero-order chi connectivity index (χ0) is 14.0. The van der Waals surface area contributed by atoms with Gasteiger partial charge in [0.25, 0.3) is 0 Å². The maximum absolute atomic E-state index is 5.40. The number of imidazole rings is 1. The van der Waals surface area contributed by atoms with E-state index in [-0.39, 0.29) is 0 Å². The minimum absolute atomic E-state index is 0.600. The van der Waals surface area contributed by atoms with Gasteiger partial charge in [0.1, 0.15) is 0 Å². The third kappa shape index (κ3) is 5.16. The lowest BCUT2D eigenvalue weighted by atomic mass is 9.97. The summed E-state index contributed by atoms with van der Waals surface area (Å²) in [7, 11) is 0. The van der Waals surface area contributed by atoms with E-state index in [2.05, 4.69) is 21.1 Å². The third-order valence-electron chi connectivity index (χ3n) is 4.05. The highest BCUT2D eigenvalue weighted by Gasteiger charge is 2.13. The van der Waals surface area contributed by atoms with E-state index in [1.807, 2.05) is 13.1 Å². The topological polar surface area (TPSA) is 39.1 Å². The Labute approximate surface area is 122 Å². The SMILES string of the molecule is CCOCCCn1ccnc1NC1CCCCCCC1. The van der Waals surface area contributed by atoms with Gasteiger partial charge in [-0.1, -0.05) is 32.1 Å². The monoisotopic (exact) mass is 279 g/mol. The molecule has 2 rings (SSSR count). The number of nitrogens with zero attached hydrogens (tertiary/aromatic N) is 2. The summed E-state index contributed by atoms with van der Waals surface area (Å²) in [4.78, 5) is 4.47. The van der Waals surface area contributed by atoms with Crippen molar-refractivity contribution in [1.82, 2.24) is 9.55 Å². The fraction of sp³-hybridized carbons (Fsp3) is 0.812. The van der Waals surface area contributed by atoms with Gasteiger partial charge in [0.05, 0.1) is 0 Å². The maximum Gasteiger partial charge on any atom is 0.202 e. The van der Waals surface area contributed by atoms with Crippen LogP contribution in [0.25, 0.3) is 0 Å². The molecule has 0 radical (unpaired) electrons.